The van der Waals surface area contributed by atoms with E-state index in [1.807, 2.05) is 0 Å². The number of nitrogens with one attached hydrogen (secondary N) is 1. The molecule has 0 saturated heterocycles. The van der Waals surface area contributed by atoms with Crippen LogP contribution in [0.2, 0.25) is 0 Å². The quantitative estimate of drug-likeness (QED) is 0.838. The van der Waals surface area contributed by atoms with Gasteiger partial charge in [0.25, 0.3) is 0 Å². The Labute approximate surface area is 109 Å². The van der Waals surface area contributed by atoms with Crippen molar-refractivity contribution in [3.8, 4) is 6.07 Å². The molecule has 0 spiro atoms. The monoisotopic (exact) mass is 240 g/mol. The molecule has 2 aromatic rings. The van der Waals surface area contributed by atoms with Crippen molar-refractivity contribution >= 4 is 10.9 Å². The Morgan fingerprint density at radius 1 is 1.28 bits per heavy atom. The van der Waals surface area contributed by atoms with E-state index in [4.69, 9.17) is 5.26 Å². The first kappa shape index (κ1) is 12.7. The van der Waals surface area contributed by atoms with Gasteiger partial charge in [0.1, 0.15) is 0 Å². The number of hydrogen-bond acceptors (Lipinski definition) is 1. The summed E-state index contributed by atoms with van der Waals surface area (Å²) in [4.78, 5) is 3.41. The fourth-order valence-corrected chi connectivity index (χ4v) is 2.35. The van der Waals surface area contributed by atoms with Crippen LogP contribution in [0.25, 0.3) is 10.9 Å². The van der Waals surface area contributed by atoms with Crippen molar-refractivity contribution in [1.29, 1.82) is 5.26 Å². The molecule has 0 aliphatic carbocycles. The highest BCUT2D eigenvalue weighted by atomic mass is 14.7. The van der Waals surface area contributed by atoms with E-state index >= 15 is 0 Å². The van der Waals surface area contributed by atoms with E-state index in [-0.39, 0.29) is 5.41 Å². The molecule has 0 amide bonds. The number of nitrogens with zero attached hydrogens (tertiary/aromatic N) is 1. The Kier molecular flexibility index (Phi) is 3.17. The summed E-state index contributed by atoms with van der Waals surface area (Å²) < 4.78 is 0. The zero-order chi connectivity index (χ0) is 13.3. The summed E-state index contributed by atoms with van der Waals surface area (Å²) in [6.07, 6.45) is 1.41. The number of fused-ring (bicyclic) bond motifs is 1. The minimum Gasteiger partial charge on any atom is -0.358 e. The maximum atomic E-state index is 8.75. The molecule has 18 heavy (non-hydrogen) atoms. The maximum absolute atomic E-state index is 8.75. The van der Waals surface area contributed by atoms with Gasteiger partial charge in [-0.1, -0.05) is 26.8 Å². The van der Waals surface area contributed by atoms with Crippen LogP contribution in [0.5, 0.6) is 0 Å². The second kappa shape index (κ2) is 4.49. The molecular formula is C16H20N2. The lowest BCUT2D eigenvalue weighted by atomic mass is 9.86. The van der Waals surface area contributed by atoms with Crippen molar-refractivity contribution in [2.75, 3.05) is 0 Å². The van der Waals surface area contributed by atoms with E-state index in [2.05, 4.69) is 56.9 Å². The Balaban J connectivity index is 2.56. The molecule has 94 valence electrons. The van der Waals surface area contributed by atoms with Crippen molar-refractivity contribution in [3.63, 3.8) is 0 Å². The summed E-state index contributed by atoms with van der Waals surface area (Å²) in [5, 5.41) is 10.0. The first-order valence-electron chi connectivity index (χ1n) is 6.42. The van der Waals surface area contributed by atoms with Gasteiger partial charge < -0.3 is 4.98 Å². The number of aromatic nitrogens is 1. The average Bonchev–Trinajstić information content (AvgIpc) is 2.60. The lowest BCUT2D eigenvalue weighted by Gasteiger charge is -2.19. The highest BCUT2D eigenvalue weighted by Gasteiger charge is 2.16. The topological polar surface area (TPSA) is 39.6 Å². The number of aromatic amines is 1. The summed E-state index contributed by atoms with van der Waals surface area (Å²) in [6, 6.07) is 8.84. The molecular weight excluding hydrogens is 220 g/mol. The smallest absolute Gasteiger partial charge is 0.0625 e. The molecule has 2 rings (SSSR count). The third kappa shape index (κ3) is 2.26. The zero-order valence-electron chi connectivity index (χ0n) is 11.6. The minimum atomic E-state index is 0.159. The van der Waals surface area contributed by atoms with E-state index in [0.29, 0.717) is 6.42 Å². The van der Waals surface area contributed by atoms with Crippen LogP contribution in [0.15, 0.2) is 18.2 Å². The van der Waals surface area contributed by atoms with Gasteiger partial charge in [-0.15, -0.1) is 0 Å². The zero-order valence-corrected chi connectivity index (χ0v) is 11.6. The second-order valence-corrected chi connectivity index (χ2v) is 5.90. The van der Waals surface area contributed by atoms with Crippen LogP contribution >= 0.6 is 0 Å². The van der Waals surface area contributed by atoms with Gasteiger partial charge >= 0.3 is 0 Å². The molecule has 0 bridgehead atoms. The summed E-state index contributed by atoms with van der Waals surface area (Å²) >= 11 is 0. The van der Waals surface area contributed by atoms with Crippen LogP contribution < -0.4 is 0 Å². The lowest BCUT2D eigenvalue weighted by molar-refractivity contribution is 0.591. The van der Waals surface area contributed by atoms with Gasteiger partial charge in [-0.3, -0.25) is 0 Å². The molecule has 2 heteroatoms. The SMILES string of the molecule is Cc1[nH]c2ccc(C(C)(C)C)cc2c1CCC#N. The Morgan fingerprint density at radius 2 is 2.00 bits per heavy atom. The van der Waals surface area contributed by atoms with Crippen molar-refractivity contribution in [2.45, 2.75) is 46.0 Å². The fourth-order valence-electron chi connectivity index (χ4n) is 2.35. The van der Waals surface area contributed by atoms with Crippen LogP contribution in [0.1, 0.15) is 44.0 Å². The summed E-state index contributed by atoms with van der Waals surface area (Å²) in [6.45, 7) is 8.76. The lowest BCUT2D eigenvalue weighted by Crippen LogP contribution is -2.10. The van der Waals surface area contributed by atoms with Crippen LogP contribution in [0.3, 0.4) is 0 Å². The second-order valence-electron chi connectivity index (χ2n) is 5.90. The molecule has 2 nitrogen and oxygen atoms in total. The average molecular weight is 240 g/mol. The Hall–Kier alpha value is -1.75. The fraction of sp³-hybridized carbons (Fsp3) is 0.438. The van der Waals surface area contributed by atoms with Crippen molar-refractivity contribution in [3.05, 3.63) is 35.0 Å². The normalized spacial score (nSPS) is 11.7. The molecule has 0 saturated carbocycles. The largest absolute Gasteiger partial charge is 0.358 e. The number of benzene rings is 1. The standard InChI is InChI=1S/C16H20N2/c1-11-13(6-5-9-17)14-10-12(16(2,3)4)7-8-15(14)18-11/h7-8,10,18H,5-6H2,1-4H3. The number of nitriles is 1. The number of hydrogen-bond donors (Lipinski definition) is 1. The van der Waals surface area contributed by atoms with Crippen molar-refractivity contribution in [2.24, 2.45) is 0 Å². The maximum Gasteiger partial charge on any atom is 0.0625 e. The van der Waals surface area contributed by atoms with E-state index in [9.17, 15) is 0 Å². The van der Waals surface area contributed by atoms with Crippen LogP contribution in [0.4, 0.5) is 0 Å². The van der Waals surface area contributed by atoms with E-state index in [1.54, 1.807) is 0 Å². The van der Waals surface area contributed by atoms with Gasteiger partial charge in [0.15, 0.2) is 0 Å². The summed E-state index contributed by atoms with van der Waals surface area (Å²) in [7, 11) is 0. The highest BCUT2D eigenvalue weighted by molar-refractivity contribution is 5.85. The molecule has 1 heterocycles. The predicted molar refractivity (Wildman–Crippen MR) is 75.7 cm³/mol. The summed E-state index contributed by atoms with van der Waals surface area (Å²) in [5.41, 5.74) is 5.15. The minimum absolute atomic E-state index is 0.159. The van der Waals surface area contributed by atoms with Crippen LogP contribution in [-0.4, -0.2) is 4.98 Å². The third-order valence-corrected chi connectivity index (χ3v) is 3.47. The van der Waals surface area contributed by atoms with Gasteiger partial charge in [0.2, 0.25) is 0 Å². The molecule has 1 N–H and O–H groups in total. The van der Waals surface area contributed by atoms with Crippen LogP contribution in [0, 0.1) is 18.3 Å². The first-order chi connectivity index (χ1) is 8.43. The van der Waals surface area contributed by atoms with Gasteiger partial charge in [0, 0.05) is 23.0 Å². The molecule has 0 radical (unpaired) electrons. The molecule has 1 aromatic heterocycles. The number of aryl methyl sites for hydroxylation is 2. The highest BCUT2D eigenvalue weighted by Crippen LogP contribution is 2.29. The summed E-state index contributed by atoms with van der Waals surface area (Å²) in [5.74, 6) is 0. The number of rotatable bonds is 2. The molecule has 0 aliphatic heterocycles. The van der Waals surface area contributed by atoms with E-state index in [1.165, 1.54) is 27.7 Å². The number of H-pyrrole nitrogens is 1. The Bertz CT molecular complexity index is 606. The first-order valence-corrected chi connectivity index (χ1v) is 6.42. The van der Waals surface area contributed by atoms with Gasteiger partial charge in [-0.05, 0) is 42.0 Å². The van der Waals surface area contributed by atoms with E-state index < -0.39 is 0 Å². The third-order valence-electron chi connectivity index (χ3n) is 3.47. The molecule has 0 unspecified atom stereocenters. The Morgan fingerprint density at radius 3 is 2.61 bits per heavy atom. The molecule has 1 aromatic carbocycles. The van der Waals surface area contributed by atoms with Gasteiger partial charge in [-0.25, -0.2) is 0 Å². The predicted octanol–water partition coefficient (Wildman–Crippen LogP) is 4.23. The van der Waals surface area contributed by atoms with Gasteiger partial charge in [-0.2, -0.15) is 5.26 Å². The van der Waals surface area contributed by atoms with Crippen LogP contribution in [-0.2, 0) is 11.8 Å². The van der Waals surface area contributed by atoms with Crippen molar-refractivity contribution in [1.82, 2.24) is 4.98 Å². The van der Waals surface area contributed by atoms with Crippen molar-refractivity contribution < 1.29 is 0 Å². The van der Waals surface area contributed by atoms with Gasteiger partial charge in [0.05, 0.1) is 6.07 Å². The van der Waals surface area contributed by atoms with E-state index in [0.717, 1.165) is 6.42 Å². The molecule has 0 aliphatic rings. The molecule has 0 fully saturated rings. The molecule has 0 atom stereocenters.